The van der Waals surface area contributed by atoms with Crippen molar-refractivity contribution in [3.63, 3.8) is 0 Å². The molecule has 0 amide bonds. The molecule has 0 saturated heterocycles. The van der Waals surface area contributed by atoms with Crippen molar-refractivity contribution >= 4 is 27.5 Å². The van der Waals surface area contributed by atoms with Gasteiger partial charge in [0.05, 0.1) is 0 Å². The molecular weight excluding hydrogens is 239 g/mol. The zero-order valence-corrected chi connectivity index (χ0v) is 8.43. The van der Waals surface area contributed by atoms with Crippen molar-refractivity contribution in [3.8, 4) is 12.3 Å². The molecular formula is C9H6BrClO. The van der Waals surface area contributed by atoms with E-state index in [0.29, 0.717) is 10.6 Å². The van der Waals surface area contributed by atoms with Crippen LogP contribution in [0.4, 0.5) is 0 Å². The number of hydrogen-bond acceptors (Lipinski definition) is 1. The second-order valence-corrected chi connectivity index (χ2v) is 3.53. The maximum Gasteiger partial charge on any atom is 0.141 e. The first-order chi connectivity index (χ1) is 5.65. The van der Waals surface area contributed by atoms with Crippen LogP contribution in [0, 0.1) is 12.3 Å². The minimum Gasteiger partial charge on any atom is -0.376 e. The van der Waals surface area contributed by atoms with Crippen molar-refractivity contribution in [1.29, 1.82) is 0 Å². The Balaban J connectivity index is 3.11. The van der Waals surface area contributed by atoms with Gasteiger partial charge in [-0.1, -0.05) is 39.5 Å². The fraction of sp³-hybridized carbons (Fsp3) is 0.111. The lowest BCUT2D eigenvalue weighted by atomic mass is 10.1. The first kappa shape index (κ1) is 9.60. The fourth-order valence-corrected chi connectivity index (χ4v) is 1.71. The minimum atomic E-state index is -0.878. The largest absolute Gasteiger partial charge is 0.376 e. The summed E-state index contributed by atoms with van der Waals surface area (Å²) in [7, 11) is 0. The summed E-state index contributed by atoms with van der Waals surface area (Å²) in [4.78, 5) is 0. The Morgan fingerprint density at radius 3 is 2.75 bits per heavy atom. The third-order valence-corrected chi connectivity index (χ3v) is 2.34. The van der Waals surface area contributed by atoms with Crippen LogP contribution in [-0.4, -0.2) is 5.11 Å². The summed E-state index contributed by atoms with van der Waals surface area (Å²) in [5.41, 5.74) is 0.655. The molecule has 1 N–H and O–H groups in total. The highest BCUT2D eigenvalue weighted by atomic mass is 79.9. The van der Waals surface area contributed by atoms with E-state index >= 15 is 0 Å². The summed E-state index contributed by atoms with van der Waals surface area (Å²) in [5.74, 6) is 2.22. The number of rotatable bonds is 1. The van der Waals surface area contributed by atoms with E-state index in [-0.39, 0.29) is 0 Å². The Morgan fingerprint density at radius 1 is 1.58 bits per heavy atom. The summed E-state index contributed by atoms with van der Waals surface area (Å²) in [6.45, 7) is 0. The van der Waals surface area contributed by atoms with Gasteiger partial charge in [0.15, 0.2) is 0 Å². The van der Waals surface area contributed by atoms with Crippen LogP contribution in [0.2, 0.25) is 5.02 Å². The van der Waals surface area contributed by atoms with Crippen LogP contribution in [0.15, 0.2) is 22.7 Å². The molecule has 0 aromatic heterocycles. The Morgan fingerprint density at radius 2 is 2.25 bits per heavy atom. The summed E-state index contributed by atoms with van der Waals surface area (Å²) in [6, 6.07) is 5.07. The molecule has 1 unspecified atom stereocenters. The molecule has 1 nitrogen and oxygen atoms in total. The molecule has 0 heterocycles. The van der Waals surface area contributed by atoms with Gasteiger partial charge in [0.25, 0.3) is 0 Å². The normalized spacial score (nSPS) is 12.2. The van der Waals surface area contributed by atoms with Crippen molar-refractivity contribution in [2.75, 3.05) is 0 Å². The van der Waals surface area contributed by atoms with Gasteiger partial charge in [-0.05, 0) is 12.1 Å². The molecule has 0 aliphatic carbocycles. The average molecular weight is 246 g/mol. The van der Waals surface area contributed by atoms with E-state index in [2.05, 4.69) is 21.9 Å². The lowest BCUT2D eigenvalue weighted by Gasteiger charge is -2.05. The van der Waals surface area contributed by atoms with Gasteiger partial charge in [-0.15, -0.1) is 6.42 Å². The number of hydrogen-bond donors (Lipinski definition) is 1. The van der Waals surface area contributed by atoms with Gasteiger partial charge < -0.3 is 5.11 Å². The summed E-state index contributed by atoms with van der Waals surface area (Å²) in [6.07, 6.45) is 4.18. The molecule has 0 aliphatic heterocycles. The molecule has 1 rings (SSSR count). The number of aliphatic hydroxyl groups excluding tert-OH is 1. The molecule has 0 bridgehead atoms. The van der Waals surface area contributed by atoms with Crippen LogP contribution < -0.4 is 0 Å². The van der Waals surface area contributed by atoms with E-state index in [1.807, 2.05) is 0 Å². The molecule has 0 saturated carbocycles. The highest BCUT2D eigenvalue weighted by Crippen LogP contribution is 2.26. The fourth-order valence-electron chi connectivity index (χ4n) is 0.813. The molecule has 62 valence electrons. The van der Waals surface area contributed by atoms with E-state index in [1.54, 1.807) is 18.2 Å². The van der Waals surface area contributed by atoms with Gasteiger partial charge in [-0.2, -0.15) is 0 Å². The average Bonchev–Trinajstić information content (AvgIpc) is 2.03. The Hall–Kier alpha value is -0.490. The second kappa shape index (κ2) is 3.95. The molecule has 0 spiro atoms. The smallest absolute Gasteiger partial charge is 0.141 e. The quantitative estimate of drug-likeness (QED) is 0.754. The Bertz CT molecular complexity index is 330. The summed E-state index contributed by atoms with van der Waals surface area (Å²) >= 11 is 8.95. The maximum absolute atomic E-state index is 9.29. The van der Waals surface area contributed by atoms with E-state index in [0.717, 1.165) is 4.47 Å². The van der Waals surface area contributed by atoms with Crippen LogP contribution >= 0.6 is 27.5 Å². The maximum atomic E-state index is 9.29. The van der Waals surface area contributed by atoms with Gasteiger partial charge >= 0.3 is 0 Å². The molecule has 0 radical (unpaired) electrons. The lowest BCUT2D eigenvalue weighted by Crippen LogP contribution is -1.93. The number of aliphatic hydroxyl groups is 1. The predicted molar refractivity (Wildman–Crippen MR) is 52.9 cm³/mol. The summed E-state index contributed by atoms with van der Waals surface area (Å²) < 4.78 is 0.723. The first-order valence-electron chi connectivity index (χ1n) is 3.24. The van der Waals surface area contributed by atoms with Gasteiger partial charge in [0, 0.05) is 15.1 Å². The van der Waals surface area contributed by atoms with E-state index in [4.69, 9.17) is 18.0 Å². The molecule has 1 atom stereocenters. The predicted octanol–water partition coefficient (Wildman–Crippen LogP) is 2.77. The molecule has 1 aromatic carbocycles. The van der Waals surface area contributed by atoms with Crippen LogP contribution in [0.3, 0.4) is 0 Å². The molecule has 0 fully saturated rings. The minimum absolute atomic E-state index is 0.606. The highest BCUT2D eigenvalue weighted by Gasteiger charge is 2.07. The van der Waals surface area contributed by atoms with Crippen LogP contribution in [-0.2, 0) is 0 Å². The zero-order chi connectivity index (χ0) is 9.14. The molecule has 12 heavy (non-hydrogen) atoms. The SMILES string of the molecule is C#CC(O)c1ccc(Cl)cc1Br. The second-order valence-electron chi connectivity index (χ2n) is 2.24. The Labute approximate surface area is 84.5 Å². The Kier molecular flexibility index (Phi) is 3.16. The standard InChI is InChI=1S/C9H6BrClO/c1-2-9(12)7-4-3-6(11)5-8(7)10/h1,3-5,9,12H. The van der Waals surface area contributed by atoms with E-state index in [1.165, 1.54) is 0 Å². The molecule has 0 aliphatic rings. The number of halogens is 2. The van der Waals surface area contributed by atoms with E-state index < -0.39 is 6.10 Å². The van der Waals surface area contributed by atoms with Crippen molar-refractivity contribution in [1.82, 2.24) is 0 Å². The van der Waals surface area contributed by atoms with Crippen molar-refractivity contribution in [3.05, 3.63) is 33.3 Å². The van der Waals surface area contributed by atoms with Crippen LogP contribution in [0.5, 0.6) is 0 Å². The van der Waals surface area contributed by atoms with Crippen LogP contribution in [0.25, 0.3) is 0 Å². The van der Waals surface area contributed by atoms with Crippen molar-refractivity contribution in [2.45, 2.75) is 6.10 Å². The summed E-state index contributed by atoms with van der Waals surface area (Å²) in [5, 5.41) is 9.90. The zero-order valence-electron chi connectivity index (χ0n) is 6.09. The molecule has 1 aromatic rings. The van der Waals surface area contributed by atoms with Crippen molar-refractivity contribution < 1.29 is 5.11 Å². The third kappa shape index (κ3) is 2.01. The number of benzene rings is 1. The van der Waals surface area contributed by atoms with Gasteiger partial charge in [0.1, 0.15) is 6.10 Å². The monoisotopic (exact) mass is 244 g/mol. The third-order valence-electron chi connectivity index (χ3n) is 1.41. The van der Waals surface area contributed by atoms with Gasteiger partial charge in [-0.3, -0.25) is 0 Å². The van der Waals surface area contributed by atoms with Gasteiger partial charge in [0.2, 0.25) is 0 Å². The first-order valence-corrected chi connectivity index (χ1v) is 4.41. The van der Waals surface area contributed by atoms with E-state index in [9.17, 15) is 5.11 Å². The number of terminal acetylenes is 1. The van der Waals surface area contributed by atoms with Crippen LogP contribution in [0.1, 0.15) is 11.7 Å². The topological polar surface area (TPSA) is 20.2 Å². The van der Waals surface area contributed by atoms with Crippen molar-refractivity contribution in [2.24, 2.45) is 0 Å². The van der Waals surface area contributed by atoms with Gasteiger partial charge in [-0.25, -0.2) is 0 Å². The molecule has 3 heteroatoms. The highest BCUT2D eigenvalue weighted by molar-refractivity contribution is 9.10. The lowest BCUT2D eigenvalue weighted by molar-refractivity contribution is 0.238.